The van der Waals surface area contributed by atoms with E-state index in [9.17, 15) is 13.6 Å². The van der Waals surface area contributed by atoms with E-state index < -0.39 is 11.6 Å². The number of nitrogens with zero attached hydrogens (tertiary/aromatic N) is 3. The molecule has 0 spiro atoms. The van der Waals surface area contributed by atoms with Crippen LogP contribution in [0.4, 0.5) is 19.3 Å². The molecule has 0 N–H and O–H groups in total. The molecule has 3 rings (SSSR count). The molecule has 2 heterocycles. The topological polar surface area (TPSA) is 26.8 Å². The maximum absolute atomic E-state index is 14.2. The van der Waals surface area contributed by atoms with Gasteiger partial charge in [-0.15, -0.1) is 0 Å². The molecule has 1 atom stereocenters. The Bertz CT molecular complexity index is 607. The Morgan fingerprint density at radius 1 is 1.09 bits per heavy atom. The predicted molar refractivity (Wildman–Crippen MR) is 88.6 cm³/mol. The van der Waals surface area contributed by atoms with Crippen molar-refractivity contribution < 1.29 is 13.6 Å². The van der Waals surface area contributed by atoms with E-state index in [0.717, 1.165) is 25.9 Å². The number of hydrogen-bond acceptors (Lipinski definition) is 2. The van der Waals surface area contributed by atoms with Crippen molar-refractivity contribution in [3.63, 3.8) is 0 Å². The predicted octanol–water partition coefficient (Wildman–Crippen LogP) is 3.45. The molecule has 23 heavy (non-hydrogen) atoms. The smallest absolute Gasteiger partial charge is 0.320 e. The van der Waals surface area contributed by atoms with Gasteiger partial charge >= 0.3 is 6.03 Å². The lowest BCUT2D eigenvalue weighted by Gasteiger charge is -2.42. The minimum atomic E-state index is -0.870. The molecule has 2 saturated heterocycles. The van der Waals surface area contributed by atoms with E-state index in [1.165, 1.54) is 6.07 Å². The van der Waals surface area contributed by atoms with Gasteiger partial charge in [-0.25, -0.2) is 13.6 Å². The summed E-state index contributed by atoms with van der Waals surface area (Å²) in [7, 11) is 0. The molecule has 0 aromatic heterocycles. The number of urea groups is 1. The van der Waals surface area contributed by atoms with Crippen molar-refractivity contribution in [1.29, 1.82) is 0 Å². The second kappa shape index (κ2) is 6.63. The van der Waals surface area contributed by atoms with Gasteiger partial charge in [0.05, 0.1) is 10.2 Å². The van der Waals surface area contributed by atoms with Gasteiger partial charge in [-0.3, -0.25) is 0 Å². The highest BCUT2D eigenvalue weighted by molar-refractivity contribution is 9.10. The third kappa shape index (κ3) is 3.16. The zero-order chi connectivity index (χ0) is 16.6. The summed E-state index contributed by atoms with van der Waals surface area (Å²) >= 11 is 2.99. The summed E-state index contributed by atoms with van der Waals surface area (Å²) in [6, 6.07) is 3.10. The van der Waals surface area contributed by atoms with Crippen LogP contribution in [0.5, 0.6) is 0 Å². The summed E-state index contributed by atoms with van der Waals surface area (Å²) in [5.41, 5.74) is 0.256. The lowest BCUT2D eigenvalue weighted by atomic mass is 10.1. The average molecular weight is 388 g/mol. The van der Waals surface area contributed by atoms with E-state index in [1.807, 2.05) is 21.6 Å². The lowest BCUT2D eigenvalue weighted by molar-refractivity contribution is 0.153. The first-order valence-corrected chi connectivity index (χ1v) is 8.72. The summed E-state index contributed by atoms with van der Waals surface area (Å²) in [6.45, 7) is 5.12. The van der Waals surface area contributed by atoms with E-state index in [0.29, 0.717) is 19.6 Å². The van der Waals surface area contributed by atoms with E-state index in [-0.39, 0.29) is 22.2 Å². The Balaban J connectivity index is 1.71. The summed E-state index contributed by atoms with van der Waals surface area (Å²) in [6.07, 6.45) is 2.12. The second-order valence-corrected chi connectivity index (χ2v) is 7.01. The molecule has 2 aliphatic heterocycles. The number of piperazine rings is 1. The van der Waals surface area contributed by atoms with Gasteiger partial charge in [0, 0.05) is 38.8 Å². The van der Waals surface area contributed by atoms with E-state index in [2.05, 4.69) is 15.9 Å². The van der Waals surface area contributed by atoms with Crippen molar-refractivity contribution in [2.45, 2.75) is 25.8 Å². The fraction of sp³-hybridized carbons (Fsp3) is 0.562. The van der Waals surface area contributed by atoms with Crippen molar-refractivity contribution in [1.82, 2.24) is 9.80 Å². The standard InChI is InChI=1S/C16H20BrF2N3O/c1-11-10-21(16(23)20-6-2-3-7-20)8-9-22(11)13-5-4-12(17)14(18)15(13)19/h4-5,11H,2-3,6-10H2,1H3. The zero-order valence-electron chi connectivity index (χ0n) is 13.1. The second-order valence-electron chi connectivity index (χ2n) is 6.16. The third-order valence-electron chi connectivity index (χ3n) is 4.60. The molecule has 126 valence electrons. The molecular formula is C16H20BrF2N3O. The normalized spacial score (nSPS) is 21.9. The van der Waals surface area contributed by atoms with Crippen LogP contribution < -0.4 is 4.90 Å². The number of amides is 2. The lowest BCUT2D eigenvalue weighted by Crippen LogP contribution is -2.56. The highest BCUT2D eigenvalue weighted by Crippen LogP contribution is 2.29. The Morgan fingerprint density at radius 3 is 2.43 bits per heavy atom. The van der Waals surface area contributed by atoms with Crippen LogP contribution in [0.25, 0.3) is 0 Å². The van der Waals surface area contributed by atoms with Crippen LogP contribution in [0.15, 0.2) is 16.6 Å². The van der Waals surface area contributed by atoms with Gasteiger partial charge < -0.3 is 14.7 Å². The van der Waals surface area contributed by atoms with Crippen LogP contribution in [0.3, 0.4) is 0 Å². The monoisotopic (exact) mass is 387 g/mol. The molecule has 0 bridgehead atoms. The zero-order valence-corrected chi connectivity index (χ0v) is 14.7. The number of carbonyl (C=O) groups is 1. The average Bonchev–Trinajstić information content (AvgIpc) is 3.07. The first-order valence-electron chi connectivity index (χ1n) is 7.93. The van der Waals surface area contributed by atoms with Gasteiger partial charge in [-0.2, -0.15) is 0 Å². The number of halogens is 3. The molecule has 7 heteroatoms. The number of anilines is 1. The molecule has 1 unspecified atom stereocenters. The van der Waals surface area contributed by atoms with Crippen LogP contribution in [-0.2, 0) is 0 Å². The fourth-order valence-corrected chi connectivity index (χ4v) is 3.64. The number of likely N-dealkylation sites (tertiary alicyclic amines) is 1. The Labute approximate surface area is 143 Å². The molecular weight excluding hydrogens is 368 g/mol. The maximum Gasteiger partial charge on any atom is 0.320 e. The molecule has 2 aliphatic rings. The van der Waals surface area contributed by atoms with Crippen LogP contribution in [-0.4, -0.2) is 54.6 Å². The summed E-state index contributed by atoms with van der Waals surface area (Å²) in [5.74, 6) is -1.71. The molecule has 1 aromatic rings. The minimum Gasteiger partial charge on any atom is -0.363 e. The van der Waals surface area contributed by atoms with Gasteiger partial charge in [-0.05, 0) is 47.8 Å². The number of hydrogen-bond donors (Lipinski definition) is 0. The molecule has 1 aromatic carbocycles. The first kappa shape index (κ1) is 16.5. The Kier molecular flexibility index (Phi) is 4.75. The molecule has 0 aliphatic carbocycles. The quantitative estimate of drug-likeness (QED) is 0.689. The summed E-state index contributed by atoms with van der Waals surface area (Å²) in [4.78, 5) is 18.0. The summed E-state index contributed by atoms with van der Waals surface area (Å²) < 4.78 is 28.1. The minimum absolute atomic E-state index is 0.0645. The molecule has 0 saturated carbocycles. The maximum atomic E-state index is 14.2. The first-order chi connectivity index (χ1) is 11.0. The van der Waals surface area contributed by atoms with Gasteiger partial charge in [0.1, 0.15) is 0 Å². The van der Waals surface area contributed by atoms with Crippen molar-refractivity contribution in [3.05, 3.63) is 28.2 Å². The van der Waals surface area contributed by atoms with Crippen LogP contribution in [0.1, 0.15) is 19.8 Å². The highest BCUT2D eigenvalue weighted by atomic mass is 79.9. The number of carbonyl (C=O) groups excluding carboxylic acids is 1. The van der Waals surface area contributed by atoms with Gasteiger partial charge in [0.15, 0.2) is 11.6 Å². The van der Waals surface area contributed by atoms with Crippen LogP contribution in [0.2, 0.25) is 0 Å². The number of rotatable bonds is 1. The largest absolute Gasteiger partial charge is 0.363 e. The van der Waals surface area contributed by atoms with E-state index in [4.69, 9.17) is 0 Å². The molecule has 2 fully saturated rings. The van der Waals surface area contributed by atoms with Gasteiger partial charge in [0.25, 0.3) is 0 Å². The van der Waals surface area contributed by atoms with Crippen LogP contribution in [0, 0.1) is 11.6 Å². The Hall–Kier alpha value is -1.37. The van der Waals surface area contributed by atoms with Crippen molar-refractivity contribution in [2.24, 2.45) is 0 Å². The highest BCUT2D eigenvalue weighted by Gasteiger charge is 2.32. The number of benzene rings is 1. The third-order valence-corrected chi connectivity index (χ3v) is 5.21. The van der Waals surface area contributed by atoms with E-state index >= 15 is 0 Å². The molecule has 2 amide bonds. The summed E-state index contributed by atoms with van der Waals surface area (Å²) in [5, 5.41) is 0. The van der Waals surface area contributed by atoms with Gasteiger partial charge in [0.2, 0.25) is 0 Å². The van der Waals surface area contributed by atoms with Crippen molar-refractivity contribution in [2.75, 3.05) is 37.6 Å². The van der Waals surface area contributed by atoms with E-state index in [1.54, 1.807) is 6.07 Å². The Morgan fingerprint density at radius 2 is 1.78 bits per heavy atom. The van der Waals surface area contributed by atoms with Crippen molar-refractivity contribution in [3.8, 4) is 0 Å². The van der Waals surface area contributed by atoms with Gasteiger partial charge in [-0.1, -0.05) is 0 Å². The molecule has 0 radical (unpaired) electrons. The fourth-order valence-electron chi connectivity index (χ4n) is 3.34. The SMILES string of the molecule is CC1CN(C(=O)N2CCCC2)CCN1c1ccc(Br)c(F)c1F. The van der Waals surface area contributed by atoms with Crippen LogP contribution >= 0.6 is 15.9 Å². The van der Waals surface area contributed by atoms with Crippen molar-refractivity contribution >= 4 is 27.6 Å². The molecule has 4 nitrogen and oxygen atoms in total.